The van der Waals surface area contributed by atoms with Crippen LogP contribution in [0.5, 0.6) is 0 Å². The molecule has 2 aromatic rings. The summed E-state index contributed by atoms with van der Waals surface area (Å²) in [5.41, 5.74) is 0.749. The van der Waals surface area contributed by atoms with E-state index in [1.165, 1.54) is 12.1 Å². The number of rotatable bonds is 5. The molecule has 0 unspecified atom stereocenters. The first-order valence-corrected chi connectivity index (χ1v) is 12.3. The van der Waals surface area contributed by atoms with E-state index in [0.29, 0.717) is 25.6 Å². The predicted octanol–water partition coefficient (Wildman–Crippen LogP) is 2.72. The summed E-state index contributed by atoms with van der Waals surface area (Å²) in [6.07, 6.45) is 0.535. The van der Waals surface area contributed by atoms with Crippen molar-refractivity contribution in [3.63, 3.8) is 0 Å². The van der Waals surface area contributed by atoms with Gasteiger partial charge in [-0.2, -0.15) is 0 Å². The molecule has 0 spiro atoms. The molecule has 1 aliphatic carbocycles. The summed E-state index contributed by atoms with van der Waals surface area (Å²) in [5, 5.41) is 0. The fraction of sp³-hybridized carbons (Fsp3) is 0.435. The third kappa shape index (κ3) is 5.23. The quantitative estimate of drug-likeness (QED) is 0.713. The minimum atomic E-state index is -4.27. The minimum absolute atomic E-state index is 0.0629. The first kappa shape index (κ1) is 23.7. The zero-order chi connectivity index (χ0) is 23.8. The summed E-state index contributed by atoms with van der Waals surface area (Å²) in [6.45, 7) is 2.66. The van der Waals surface area contributed by atoms with Gasteiger partial charge >= 0.3 is 0 Å². The van der Waals surface area contributed by atoms with Crippen molar-refractivity contribution < 1.29 is 26.4 Å². The van der Waals surface area contributed by atoms with Crippen LogP contribution in [0.15, 0.2) is 47.4 Å². The van der Waals surface area contributed by atoms with Crippen LogP contribution in [-0.2, 0) is 14.8 Å². The Morgan fingerprint density at radius 3 is 2.21 bits per heavy atom. The van der Waals surface area contributed by atoms with E-state index in [9.17, 15) is 26.4 Å². The number of benzene rings is 2. The number of carbonyl (C=O) groups is 1. The number of hydrogen-bond acceptors (Lipinski definition) is 4. The van der Waals surface area contributed by atoms with Crippen LogP contribution in [0.4, 0.5) is 13.2 Å². The van der Waals surface area contributed by atoms with E-state index in [4.69, 9.17) is 0 Å². The van der Waals surface area contributed by atoms with Crippen LogP contribution in [0.1, 0.15) is 24.3 Å². The molecule has 1 heterocycles. The lowest BCUT2D eigenvalue weighted by atomic mass is 9.88. The average molecular weight is 482 g/mol. The topological polar surface area (TPSA) is 69.7 Å². The molecule has 1 saturated carbocycles. The Labute approximate surface area is 191 Å². The summed E-state index contributed by atoms with van der Waals surface area (Å²) in [4.78, 5) is 16.7. The van der Waals surface area contributed by atoms with Crippen molar-refractivity contribution >= 4 is 15.9 Å². The summed E-state index contributed by atoms with van der Waals surface area (Å²) in [6, 6.07) is 7.51. The number of nitrogens with zero attached hydrogens (tertiary/aromatic N) is 2. The molecule has 33 heavy (non-hydrogen) atoms. The van der Waals surface area contributed by atoms with Crippen molar-refractivity contribution in [3.05, 3.63) is 65.5 Å². The van der Waals surface area contributed by atoms with Crippen LogP contribution in [0, 0.1) is 23.4 Å². The fourth-order valence-corrected chi connectivity index (χ4v) is 6.04. The maximum absolute atomic E-state index is 14.1. The molecule has 0 radical (unpaired) electrons. The van der Waals surface area contributed by atoms with Gasteiger partial charge in [-0.05, 0) is 55.6 Å². The van der Waals surface area contributed by atoms with Crippen LogP contribution in [0.25, 0.3) is 0 Å². The van der Waals surface area contributed by atoms with Crippen LogP contribution in [0.3, 0.4) is 0 Å². The highest BCUT2D eigenvalue weighted by Gasteiger charge is 2.43. The molecule has 4 rings (SSSR count). The largest absolute Gasteiger partial charge is 0.340 e. The lowest BCUT2D eigenvalue weighted by Crippen LogP contribution is -2.49. The molecule has 2 aromatic carbocycles. The third-order valence-corrected chi connectivity index (χ3v) is 8.05. The van der Waals surface area contributed by atoms with E-state index in [1.807, 2.05) is 7.05 Å². The molecular formula is C23H26F3N3O3S. The zero-order valence-electron chi connectivity index (χ0n) is 18.2. The van der Waals surface area contributed by atoms with E-state index in [2.05, 4.69) is 9.62 Å². The van der Waals surface area contributed by atoms with Crippen LogP contribution < -0.4 is 4.72 Å². The molecule has 1 amide bonds. The van der Waals surface area contributed by atoms with Gasteiger partial charge in [-0.1, -0.05) is 12.1 Å². The Kier molecular flexibility index (Phi) is 6.78. The van der Waals surface area contributed by atoms with Gasteiger partial charge in [0.2, 0.25) is 15.9 Å². The first-order valence-electron chi connectivity index (χ1n) is 10.8. The fourth-order valence-electron chi connectivity index (χ4n) is 4.72. The highest BCUT2D eigenvalue weighted by Crippen LogP contribution is 2.41. The Bertz CT molecular complexity index is 1120. The second-order valence-electron chi connectivity index (χ2n) is 8.76. The van der Waals surface area contributed by atoms with Gasteiger partial charge in [-0.15, -0.1) is 0 Å². The molecule has 3 atom stereocenters. The van der Waals surface area contributed by atoms with Crippen molar-refractivity contribution in [1.82, 2.24) is 14.5 Å². The van der Waals surface area contributed by atoms with E-state index < -0.39 is 44.3 Å². The van der Waals surface area contributed by atoms with Crippen molar-refractivity contribution in [3.8, 4) is 0 Å². The minimum Gasteiger partial charge on any atom is -0.340 e. The van der Waals surface area contributed by atoms with E-state index in [1.54, 1.807) is 17.0 Å². The standard InChI is InChI=1S/C23H26F3N3O3S/c1-28-8-10-29(11-9-28)23(30)20-14-18(13-19(20)15-2-4-16(24)5-3-15)27-33(31,32)22-7-6-17(25)12-21(22)26/h2-7,12,18-20,27H,8-11,13-14H2,1H3/t18-,19+,20-/m0/s1. The Balaban J connectivity index is 1.57. The van der Waals surface area contributed by atoms with Gasteiger partial charge in [0.05, 0.1) is 0 Å². The van der Waals surface area contributed by atoms with Crippen LogP contribution >= 0.6 is 0 Å². The Hall–Kier alpha value is -2.43. The molecule has 6 nitrogen and oxygen atoms in total. The summed E-state index contributed by atoms with van der Waals surface area (Å²) >= 11 is 0. The molecule has 1 aliphatic heterocycles. The summed E-state index contributed by atoms with van der Waals surface area (Å²) in [5.74, 6) is -3.33. The summed E-state index contributed by atoms with van der Waals surface area (Å²) < 4.78 is 68.9. The monoisotopic (exact) mass is 481 g/mol. The molecule has 0 aromatic heterocycles. The van der Waals surface area contributed by atoms with Crippen LogP contribution in [0.2, 0.25) is 0 Å². The van der Waals surface area contributed by atoms with E-state index in [0.717, 1.165) is 30.8 Å². The molecule has 1 saturated heterocycles. The maximum Gasteiger partial charge on any atom is 0.243 e. The van der Waals surface area contributed by atoms with E-state index in [-0.39, 0.29) is 18.2 Å². The number of piperazine rings is 1. The Morgan fingerprint density at radius 2 is 1.58 bits per heavy atom. The van der Waals surface area contributed by atoms with Gasteiger partial charge in [0.15, 0.2) is 0 Å². The molecule has 1 N–H and O–H groups in total. The molecular weight excluding hydrogens is 455 g/mol. The van der Waals surface area contributed by atoms with Gasteiger partial charge in [-0.25, -0.2) is 26.3 Å². The van der Waals surface area contributed by atoms with E-state index >= 15 is 0 Å². The number of hydrogen-bond donors (Lipinski definition) is 1. The van der Waals surface area contributed by atoms with Gasteiger partial charge in [-0.3, -0.25) is 4.79 Å². The lowest BCUT2D eigenvalue weighted by molar-refractivity contribution is -0.137. The predicted molar refractivity (Wildman–Crippen MR) is 116 cm³/mol. The van der Waals surface area contributed by atoms with Crippen molar-refractivity contribution in [2.75, 3.05) is 33.2 Å². The molecule has 10 heteroatoms. The van der Waals surface area contributed by atoms with Gasteiger partial charge < -0.3 is 9.80 Å². The Morgan fingerprint density at radius 1 is 0.939 bits per heavy atom. The maximum atomic E-state index is 14.1. The van der Waals surface area contributed by atoms with Crippen molar-refractivity contribution in [2.45, 2.75) is 29.7 Å². The lowest BCUT2D eigenvalue weighted by Gasteiger charge is -2.35. The SMILES string of the molecule is CN1CCN(C(=O)[C@H]2C[C@@H](NS(=O)(=O)c3ccc(F)cc3F)C[C@@H]2c2ccc(F)cc2)CC1. The molecule has 2 aliphatic rings. The second-order valence-corrected chi connectivity index (χ2v) is 10.4. The van der Waals surface area contributed by atoms with Crippen molar-refractivity contribution in [1.29, 1.82) is 0 Å². The number of amides is 1. The number of nitrogens with one attached hydrogen (secondary N) is 1. The van der Waals surface area contributed by atoms with Gasteiger partial charge in [0, 0.05) is 44.2 Å². The van der Waals surface area contributed by atoms with Gasteiger partial charge in [0.25, 0.3) is 0 Å². The number of sulfonamides is 1. The average Bonchev–Trinajstić information content (AvgIpc) is 3.17. The smallest absolute Gasteiger partial charge is 0.243 e. The highest BCUT2D eigenvalue weighted by molar-refractivity contribution is 7.89. The first-order chi connectivity index (χ1) is 15.6. The summed E-state index contributed by atoms with van der Waals surface area (Å²) in [7, 11) is -2.28. The molecule has 178 valence electrons. The molecule has 0 bridgehead atoms. The normalized spacial score (nSPS) is 24.2. The van der Waals surface area contributed by atoms with Gasteiger partial charge in [0.1, 0.15) is 22.3 Å². The highest BCUT2D eigenvalue weighted by atomic mass is 32.2. The number of likely N-dealkylation sites (N-methyl/N-ethyl adjacent to an activating group) is 1. The molecule has 2 fully saturated rings. The number of halogens is 3. The van der Waals surface area contributed by atoms with Crippen LogP contribution in [-0.4, -0.2) is 63.4 Å². The third-order valence-electron chi connectivity index (χ3n) is 6.50. The number of carbonyl (C=O) groups excluding carboxylic acids is 1. The van der Waals surface area contributed by atoms with Crippen molar-refractivity contribution in [2.24, 2.45) is 5.92 Å². The second kappa shape index (κ2) is 9.44. The zero-order valence-corrected chi connectivity index (χ0v) is 19.0.